The van der Waals surface area contributed by atoms with E-state index in [0.717, 1.165) is 36.0 Å². The van der Waals surface area contributed by atoms with Crippen LogP contribution < -0.4 is 27.0 Å². The number of unbranched alkanes of at least 4 members (excludes halogenated alkanes) is 3. The van der Waals surface area contributed by atoms with Gasteiger partial charge in [0.05, 0.1) is 41.5 Å². The summed E-state index contributed by atoms with van der Waals surface area (Å²) in [6.07, 6.45) is 10.6. The minimum Gasteiger partial charge on any atom is -0.396 e. The summed E-state index contributed by atoms with van der Waals surface area (Å²) in [4.78, 5) is 119. The average molecular weight is 1030 g/mol. The highest BCUT2D eigenvalue weighted by Crippen LogP contribution is 2.38. The average Bonchev–Trinajstić information content (AvgIpc) is 4.17. The standard InChI is InChI=1S/C45H63N12O12PS/c1-28(2)22-34(51-44(64)37-13-10-18-56(37)30(4)59)41(61)50-35(42(62)52-36(26-58)43(63)54-39(40(46)60)29(3)69-70(65,66)67)23-32-24-47-27-55(32)17-7-5-6-8-20-68-49-25-31-12-9-19-57(31)45-48-16-15-33(53-45)38-14-11-21-71-38/h9,11-12,14-16,19,21,24-25,27-29,34-37,39,58H,5-8,10,13,17-18,20,22-23,26H2,1-4H3,(H2,46,60)(H,50,61)(H,51,64)(H,52,62)(H,54,63)(H2,65,66,67)/b49-25-/t29-,34+,35+,36+,37+,39+/m1/s1. The number of aliphatic hydroxyl groups excluding tert-OH is 1. The van der Waals surface area contributed by atoms with Crippen molar-refractivity contribution in [1.29, 1.82) is 0 Å². The molecule has 0 aromatic carbocycles. The number of nitrogens with two attached hydrogens (primary N) is 1. The number of carbonyl (C=O) groups is 6. The Morgan fingerprint density at radius 3 is 2.39 bits per heavy atom. The Kier molecular flexibility index (Phi) is 20.9. The van der Waals surface area contributed by atoms with Gasteiger partial charge in [-0.3, -0.25) is 37.9 Å². The molecular formula is C45H63N12O12PS. The fourth-order valence-electron chi connectivity index (χ4n) is 7.87. The topological polar surface area (TPSA) is 337 Å². The Hall–Kier alpha value is -6.37. The smallest absolute Gasteiger partial charge is 0.396 e. The van der Waals surface area contributed by atoms with E-state index in [1.807, 2.05) is 64.9 Å². The van der Waals surface area contributed by atoms with Crippen molar-refractivity contribution >= 4 is 60.8 Å². The Labute approximate surface area is 414 Å². The van der Waals surface area contributed by atoms with Gasteiger partial charge in [0.1, 0.15) is 36.8 Å². The van der Waals surface area contributed by atoms with Crippen molar-refractivity contribution in [2.45, 2.75) is 122 Å². The lowest BCUT2D eigenvalue weighted by atomic mass is 10.0. The molecule has 26 heteroatoms. The normalized spacial score (nSPS) is 16.0. The van der Waals surface area contributed by atoms with E-state index in [0.29, 0.717) is 57.0 Å². The number of carbonyl (C=O) groups excluding carboxylic acids is 6. The number of thiophene rings is 1. The molecule has 0 saturated carbocycles. The first-order valence-electron chi connectivity index (χ1n) is 23.2. The van der Waals surface area contributed by atoms with E-state index < -0.39 is 80.3 Å². The highest BCUT2D eigenvalue weighted by molar-refractivity contribution is 7.46. The predicted octanol–water partition coefficient (Wildman–Crippen LogP) is 1.32. The lowest BCUT2D eigenvalue weighted by Gasteiger charge is -2.28. The van der Waals surface area contributed by atoms with Crippen LogP contribution in [0.4, 0.5) is 0 Å². The maximum Gasteiger partial charge on any atom is 0.469 e. The Bertz CT molecular complexity index is 2500. The van der Waals surface area contributed by atoms with Crippen LogP contribution in [-0.2, 0) is 55.7 Å². The van der Waals surface area contributed by atoms with Crippen LogP contribution in [0.15, 0.2) is 65.8 Å². The number of oxime groups is 1. The van der Waals surface area contributed by atoms with E-state index in [-0.39, 0.29) is 24.7 Å². The first kappa shape index (κ1) is 55.6. The van der Waals surface area contributed by atoms with Gasteiger partial charge < -0.3 is 56.2 Å². The van der Waals surface area contributed by atoms with E-state index in [4.69, 9.17) is 10.6 Å². The van der Waals surface area contributed by atoms with Crippen molar-refractivity contribution in [1.82, 2.24) is 50.3 Å². The summed E-state index contributed by atoms with van der Waals surface area (Å²) in [5.74, 6) is -4.48. The van der Waals surface area contributed by atoms with E-state index in [2.05, 4.69) is 45.9 Å². The summed E-state index contributed by atoms with van der Waals surface area (Å²) in [5, 5.41) is 26.3. The number of hydrogen-bond donors (Lipinski definition) is 8. The molecule has 1 fully saturated rings. The van der Waals surface area contributed by atoms with Crippen LogP contribution >= 0.6 is 19.2 Å². The van der Waals surface area contributed by atoms with Crippen LogP contribution in [0.5, 0.6) is 0 Å². The first-order valence-corrected chi connectivity index (χ1v) is 25.6. The molecule has 6 amide bonds. The van der Waals surface area contributed by atoms with E-state index in [1.54, 1.807) is 30.1 Å². The molecule has 0 radical (unpaired) electrons. The van der Waals surface area contributed by atoms with Gasteiger partial charge in [-0.1, -0.05) is 31.5 Å². The number of likely N-dealkylation sites (tertiary alicyclic amines) is 1. The fraction of sp³-hybridized carbons (Fsp3) is 0.511. The molecule has 0 unspecified atom stereocenters. The molecule has 24 nitrogen and oxygen atoms in total. The van der Waals surface area contributed by atoms with Gasteiger partial charge in [0.2, 0.25) is 41.4 Å². The zero-order valence-corrected chi connectivity index (χ0v) is 41.7. The minimum atomic E-state index is -5.13. The summed E-state index contributed by atoms with van der Waals surface area (Å²) >= 11 is 1.59. The molecule has 4 aromatic heterocycles. The number of phosphoric ester groups is 1. The first-order chi connectivity index (χ1) is 33.8. The summed E-state index contributed by atoms with van der Waals surface area (Å²) in [7, 11) is -5.13. The molecule has 1 saturated heterocycles. The zero-order chi connectivity index (χ0) is 51.7. The number of aromatic nitrogens is 5. The van der Waals surface area contributed by atoms with Crippen LogP contribution in [0, 0.1) is 5.92 Å². The molecular weight excluding hydrogens is 964 g/mol. The van der Waals surface area contributed by atoms with Gasteiger partial charge in [0.15, 0.2) is 0 Å². The molecule has 0 spiro atoms. The number of nitrogens with one attached hydrogen (secondary N) is 4. The molecule has 5 rings (SSSR count). The molecule has 71 heavy (non-hydrogen) atoms. The third-order valence-corrected chi connectivity index (χ3v) is 12.9. The van der Waals surface area contributed by atoms with Gasteiger partial charge in [0.25, 0.3) is 0 Å². The number of aliphatic hydroxyl groups is 1. The monoisotopic (exact) mass is 1030 g/mol. The summed E-state index contributed by atoms with van der Waals surface area (Å²) in [5.41, 5.74) is 7.45. The van der Waals surface area contributed by atoms with Crippen LogP contribution in [0.1, 0.15) is 84.0 Å². The Morgan fingerprint density at radius 1 is 0.972 bits per heavy atom. The third kappa shape index (κ3) is 16.9. The summed E-state index contributed by atoms with van der Waals surface area (Å²) in [6.45, 7) is 6.35. The molecule has 386 valence electrons. The number of primary amides is 1. The lowest BCUT2D eigenvalue weighted by Crippen LogP contribution is -2.61. The molecule has 0 aliphatic carbocycles. The number of nitrogens with zero attached hydrogens (tertiary/aromatic N) is 7. The molecule has 6 atom stereocenters. The molecule has 1 aliphatic heterocycles. The van der Waals surface area contributed by atoms with Crippen molar-refractivity contribution < 1.29 is 57.6 Å². The maximum absolute atomic E-state index is 14.1. The van der Waals surface area contributed by atoms with Gasteiger partial charge in [0, 0.05) is 50.7 Å². The number of hydrogen-bond acceptors (Lipinski definition) is 15. The zero-order valence-electron chi connectivity index (χ0n) is 40.0. The SMILES string of the molecule is CC(=O)N1CCC[C@H]1C(=O)N[C@@H](CC(C)C)C(=O)N[C@@H](Cc1cncn1CCCCCCO/N=C\c1cccn1-c1nccc(-c2cccs2)n1)C(=O)N[C@@H](CO)C(=O)N[C@H](C(N)=O)[C@@H](C)OP(=O)(O)O. The number of imidazole rings is 1. The van der Waals surface area contributed by atoms with Gasteiger partial charge in [-0.05, 0) is 81.0 Å². The number of amides is 6. The molecule has 5 heterocycles. The number of phosphoric acid groups is 1. The number of rotatable bonds is 28. The van der Waals surface area contributed by atoms with Crippen LogP contribution in [-0.4, -0.2) is 142 Å². The quantitative estimate of drug-likeness (QED) is 0.0172. The molecule has 9 N–H and O–H groups in total. The largest absolute Gasteiger partial charge is 0.469 e. The third-order valence-electron chi connectivity index (χ3n) is 11.4. The van der Waals surface area contributed by atoms with Crippen LogP contribution in [0.3, 0.4) is 0 Å². The Morgan fingerprint density at radius 2 is 1.70 bits per heavy atom. The number of aryl methyl sites for hydroxylation is 1. The van der Waals surface area contributed by atoms with Gasteiger partial charge >= 0.3 is 7.82 Å². The van der Waals surface area contributed by atoms with Crippen LogP contribution in [0.2, 0.25) is 0 Å². The fourth-order valence-corrected chi connectivity index (χ4v) is 9.12. The lowest BCUT2D eigenvalue weighted by molar-refractivity contribution is -0.139. The second kappa shape index (κ2) is 26.7. The van der Waals surface area contributed by atoms with E-state index >= 15 is 0 Å². The molecule has 1 aliphatic rings. The van der Waals surface area contributed by atoms with Crippen molar-refractivity contribution in [2.75, 3.05) is 19.8 Å². The minimum absolute atomic E-state index is 0.108. The van der Waals surface area contributed by atoms with E-state index in [1.165, 1.54) is 18.0 Å². The van der Waals surface area contributed by atoms with E-state index in [9.17, 15) is 48.2 Å². The highest BCUT2D eigenvalue weighted by Gasteiger charge is 2.37. The van der Waals surface area contributed by atoms with Gasteiger partial charge in [-0.15, -0.1) is 11.3 Å². The second-order valence-corrected chi connectivity index (χ2v) is 19.5. The molecule has 4 aromatic rings. The predicted molar refractivity (Wildman–Crippen MR) is 259 cm³/mol. The Balaban J connectivity index is 1.21. The van der Waals surface area contributed by atoms with Gasteiger partial charge in [-0.2, -0.15) is 0 Å². The van der Waals surface area contributed by atoms with Crippen molar-refractivity contribution in [3.8, 4) is 16.5 Å². The molecule has 0 bridgehead atoms. The maximum atomic E-state index is 14.1. The van der Waals surface area contributed by atoms with Crippen LogP contribution in [0.25, 0.3) is 16.5 Å². The van der Waals surface area contributed by atoms with Crippen molar-refractivity contribution in [3.05, 3.63) is 72.0 Å². The highest BCUT2D eigenvalue weighted by atomic mass is 32.1. The summed E-state index contributed by atoms with van der Waals surface area (Å²) in [6, 6.07) is 2.67. The van der Waals surface area contributed by atoms with Crippen molar-refractivity contribution in [2.24, 2.45) is 16.8 Å². The second-order valence-electron chi connectivity index (χ2n) is 17.3. The van der Waals surface area contributed by atoms with Crippen molar-refractivity contribution in [3.63, 3.8) is 0 Å². The van der Waals surface area contributed by atoms with Gasteiger partial charge in [-0.25, -0.2) is 19.5 Å². The summed E-state index contributed by atoms with van der Waals surface area (Å²) < 4.78 is 19.6.